The maximum Gasteiger partial charge on any atom is 1.00 e. The van der Waals surface area contributed by atoms with Gasteiger partial charge in [-0.3, -0.25) is 0 Å². The first-order valence-corrected chi connectivity index (χ1v) is 5.44. The maximum atomic E-state index is 10.9. The average molecular weight is 347 g/mol. The van der Waals surface area contributed by atoms with E-state index in [2.05, 4.69) is 9.94 Å². The van der Waals surface area contributed by atoms with E-state index in [1.54, 1.807) is 6.92 Å². The van der Waals surface area contributed by atoms with E-state index in [1.807, 2.05) is 0 Å². The van der Waals surface area contributed by atoms with E-state index in [0.29, 0.717) is 11.4 Å². The fourth-order valence-electron chi connectivity index (χ4n) is 1.74. The Labute approximate surface area is 211 Å². The Bertz CT molecular complexity index is 733. The first-order valence-electron chi connectivity index (χ1n) is 5.44. The van der Waals surface area contributed by atoms with Crippen LogP contribution in [0.25, 0.3) is 10.5 Å². The van der Waals surface area contributed by atoms with Crippen LogP contribution in [0.2, 0.25) is 0 Å². The molecule has 0 saturated heterocycles. The van der Waals surface area contributed by atoms with Gasteiger partial charge in [0, 0.05) is 5.69 Å². The minimum atomic E-state index is -1.51. The Hall–Kier alpha value is 0.133. The van der Waals surface area contributed by atoms with E-state index < -0.39 is 11.9 Å². The monoisotopic (exact) mass is 347 g/mol. The second kappa shape index (κ2) is 9.43. The largest absolute Gasteiger partial charge is 1.00 e. The Balaban J connectivity index is 0.00000220. The van der Waals surface area contributed by atoms with E-state index in [9.17, 15) is 19.8 Å². The third-order valence-electron chi connectivity index (χ3n) is 2.74. The minimum absolute atomic E-state index is 0. The zero-order valence-corrected chi connectivity index (χ0v) is 18.5. The second-order valence-corrected chi connectivity index (χ2v) is 3.98. The number of rotatable bonds is 3. The van der Waals surface area contributed by atoms with Crippen molar-refractivity contribution in [3.8, 4) is 5.69 Å². The third-order valence-corrected chi connectivity index (χ3v) is 2.74. The summed E-state index contributed by atoms with van der Waals surface area (Å²) in [5, 5.41) is 25.7. The third kappa shape index (κ3) is 4.81. The van der Waals surface area contributed by atoms with E-state index in [0.717, 1.165) is 6.07 Å². The Morgan fingerprint density at radius 2 is 1.64 bits per heavy atom. The number of benzene rings is 1. The van der Waals surface area contributed by atoms with Gasteiger partial charge in [-0.1, -0.05) is 0 Å². The van der Waals surface area contributed by atoms with Crippen LogP contribution in [0.3, 0.4) is 0 Å². The summed E-state index contributed by atoms with van der Waals surface area (Å²) in [7, 11) is 0. The summed E-state index contributed by atoms with van der Waals surface area (Å²) in [5.41, 5.74) is 0.360. The standard InChI is InChI=1S/C13H9N3O4.2K/c1-7-11(14-2)6-15-16(7)10-4-8(12(17)18)3-9(5-10)13(19)20;;/h3-6H,1H3,(H,17,18)(H,19,20);;/q;2*+1/p-2. The average Bonchev–Trinajstić information content (AvgIpc) is 2.79. The molecule has 0 aliphatic heterocycles. The fraction of sp³-hybridized carbons (Fsp3) is 0.0769. The van der Waals surface area contributed by atoms with Gasteiger partial charge in [-0.25, -0.2) is 9.53 Å². The van der Waals surface area contributed by atoms with Gasteiger partial charge in [0.25, 0.3) is 0 Å². The molecule has 0 unspecified atom stereocenters. The van der Waals surface area contributed by atoms with Gasteiger partial charge < -0.3 is 19.8 Å². The van der Waals surface area contributed by atoms with Crippen molar-refractivity contribution in [2.24, 2.45) is 0 Å². The molecule has 100 valence electrons. The molecular weight excluding hydrogens is 340 g/mol. The number of carboxylic acids is 2. The molecular formula is C13H7K2N3O4. The van der Waals surface area contributed by atoms with Crippen LogP contribution in [0.5, 0.6) is 0 Å². The summed E-state index contributed by atoms with van der Waals surface area (Å²) in [6.45, 7) is 8.56. The van der Waals surface area contributed by atoms with Crippen LogP contribution in [0, 0.1) is 13.5 Å². The molecule has 7 nitrogen and oxygen atoms in total. The van der Waals surface area contributed by atoms with E-state index >= 15 is 0 Å². The summed E-state index contributed by atoms with van der Waals surface area (Å²) in [5.74, 6) is -3.02. The molecule has 9 heteroatoms. The predicted molar refractivity (Wildman–Crippen MR) is 63.2 cm³/mol. The first kappa shape index (κ1) is 22.1. The van der Waals surface area contributed by atoms with Gasteiger partial charge in [-0.15, -0.1) is 0 Å². The quantitative estimate of drug-likeness (QED) is 0.406. The van der Waals surface area contributed by atoms with Gasteiger partial charge >= 0.3 is 103 Å². The van der Waals surface area contributed by atoms with Gasteiger partial charge in [0.1, 0.15) is 0 Å². The summed E-state index contributed by atoms with van der Waals surface area (Å²) >= 11 is 0. The fourth-order valence-corrected chi connectivity index (χ4v) is 1.74. The smallest absolute Gasteiger partial charge is 0.545 e. The summed E-state index contributed by atoms with van der Waals surface area (Å²) < 4.78 is 1.28. The van der Waals surface area contributed by atoms with Crippen molar-refractivity contribution >= 4 is 17.6 Å². The number of carbonyl (C=O) groups excluding carboxylic acids is 2. The number of hydrogen-bond donors (Lipinski definition) is 0. The van der Waals surface area contributed by atoms with Crippen LogP contribution in [0.4, 0.5) is 5.69 Å². The second-order valence-electron chi connectivity index (χ2n) is 3.98. The Morgan fingerprint density at radius 3 is 2.00 bits per heavy atom. The van der Waals surface area contributed by atoms with Crippen LogP contribution in [-0.2, 0) is 0 Å². The molecule has 0 aliphatic carbocycles. The van der Waals surface area contributed by atoms with Gasteiger partial charge in [0.05, 0.1) is 30.4 Å². The number of nitrogens with zero attached hydrogens (tertiary/aromatic N) is 3. The number of hydrogen-bond acceptors (Lipinski definition) is 5. The normalized spacial score (nSPS) is 9.09. The van der Waals surface area contributed by atoms with Crippen LogP contribution < -0.4 is 113 Å². The zero-order chi connectivity index (χ0) is 14.9. The van der Waals surface area contributed by atoms with Crippen LogP contribution in [0.1, 0.15) is 26.4 Å². The van der Waals surface area contributed by atoms with E-state index in [4.69, 9.17) is 6.57 Å². The maximum absolute atomic E-state index is 10.9. The van der Waals surface area contributed by atoms with Crippen LogP contribution in [-0.4, -0.2) is 21.7 Å². The number of aromatic carboxylic acids is 2. The van der Waals surface area contributed by atoms with Crippen LogP contribution in [0.15, 0.2) is 24.4 Å². The van der Waals surface area contributed by atoms with Gasteiger partial charge in [-0.2, -0.15) is 5.10 Å². The molecule has 22 heavy (non-hydrogen) atoms. The molecule has 0 amide bonds. The molecule has 0 fully saturated rings. The van der Waals surface area contributed by atoms with Crippen molar-refractivity contribution in [3.63, 3.8) is 0 Å². The first-order chi connectivity index (χ1) is 9.43. The zero-order valence-electron chi connectivity index (χ0n) is 12.3. The van der Waals surface area contributed by atoms with Crippen molar-refractivity contribution in [1.29, 1.82) is 0 Å². The predicted octanol–water partition coefficient (Wildman–Crippen LogP) is -6.53. The van der Waals surface area contributed by atoms with E-state index in [-0.39, 0.29) is 120 Å². The van der Waals surface area contributed by atoms with Crippen molar-refractivity contribution in [3.05, 3.63) is 52.6 Å². The molecule has 0 saturated carbocycles. The Kier molecular flexibility index (Phi) is 9.49. The van der Waals surface area contributed by atoms with Crippen molar-refractivity contribution in [2.75, 3.05) is 0 Å². The Morgan fingerprint density at radius 1 is 1.14 bits per heavy atom. The van der Waals surface area contributed by atoms with Crippen molar-refractivity contribution in [1.82, 2.24) is 9.78 Å². The minimum Gasteiger partial charge on any atom is -0.545 e. The van der Waals surface area contributed by atoms with Crippen molar-refractivity contribution < 1.29 is 123 Å². The number of carboxylic acid groups (broad SMARTS) is 2. The number of carbonyl (C=O) groups is 2. The van der Waals surface area contributed by atoms with Gasteiger partial charge in [0.15, 0.2) is 0 Å². The van der Waals surface area contributed by atoms with Gasteiger partial charge in [0.2, 0.25) is 5.69 Å². The molecule has 0 radical (unpaired) electrons. The molecule has 1 aromatic carbocycles. The summed E-state index contributed by atoms with van der Waals surface area (Å²) in [4.78, 5) is 25.0. The van der Waals surface area contributed by atoms with Gasteiger partial charge in [-0.05, 0) is 36.2 Å². The molecule has 1 aromatic heterocycles. The number of aromatic nitrogens is 2. The molecule has 0 spiro atoms. The van der Waals surface area contributed by atoms with Crippen LogP contribution >= 0.6 is 0 Å². The molecule has 2 aromatic rings. The van der Waals surface area contributed by atoms with E-state index in [1.165, 1.54) is 23.0 Å². The molecule has 0 aliphatic rings. The molecule has 0 bridgehead atoms. The van der Waals surface area contributed by atoms with Crippen molar-refractivity contribution in [2.45, 2.75) is 6.92 Å². The molecule has 0 N–H and O–H groups in total. The molecule has 0 atom stereocenters. The topological polar surface area (TPSA) is 102 Å². The summed E-state index contributed by atoms with van der Waals surface area (Å²) in [6.07, 6.45) is 1.31. The molecule has 1 heterocycles. The SMILES string of the molecule is [C-]#[N+]c1cnn(-c2cc(C(=O)[O-])cc(C(=O)[O-])c2)c1C.[K+].[K+]. The summed E-state index contributed by atoms with van der Waals surface area (Å²) in [6, 6.07) is 3.38. The molecule has 2 rings (SSSR count).